The van der Waals surface area contributed by atoms with E-state index >= 15 is 0 Å². The van der Waals surface area contributed by atoms with E-state index in [1.165, 1.54) is 6.20 Å². The summed E-state index contributed by atoms with van der Waals surface area (Å²) >= 11 is 0. The van der Waals surface area contributed by atoms with Crippen LogP contribution in [0.25, 0.3) is 0 Å². The van der Waals surface area contributed by atoms with Gasteiger partial charge in [0.05, 0.1) is 17.1 Å². The number of aliphatic hydroxyl groups excluding tert-OH is 1. The molecule has 0 bridgehead atoms. The van der Waals surface area contributed by atoms with Crippen molar-refractivity contribution in [2.45, 2.75) is 6.61 Å². The lowest BCUT2D eigenvalue weighted by Crippen LogP contribution is -1.97. The highest BCUT2D eigenvalue weighted by atomic mass is 16.6. The maximum atomic E-state index is 10.9. The summed E-state index contributed by atoms with van der Waals surface area (Å²) in [6.45, 7) is -0.167. The third kappa shape index (κ3) is 2.88. The van der Waals surface area contributed by atoms with Crippen molar-refractivity contribution in [2.75, 3.05) is 0 Å². The number of rotatable bonds is 4. The molecule has 0 radical (unpaired) electrons. The van der Waals surface area contributed by atoms with Gasteiger partial charge in [0.25, 0.3) is 5.88 Å². The van der Waals surface area contributed by atoms with E-state index < -0.39 is 10.6 Å². The Morgan fingerprint density at radius 2 is 2.25 bits per heavy atom. The van der Waals surface area contributed by atoms with Gasteiger partial charge in [0.2, 0.25) is 0 Å². The van der Waals surface area contributed by atoms with Crippen LogP contribution in [0.15, 0.2) is 36.5 Å². The van der Waals surface area contributed by atoms with Gasteiger partial charge < -0.3 is 9.84 Å². The molecule has 0 unspecified atom stereocenters. The molecule has 0 saturated carbocycles. The van der Waals surface area contributed by atoms with Crippen molar-refractivity contribution >= 4 is 5.69 Å². The summed E-state index contributed by atoms with van der Waals surface area (Å²) in [5.74, 6) is 0.112. The molecule has 7 heteroatoms. The number of benzene rings is 1. The summed E-state index contributed by atoms with van der Waals surface area (Å²) in [4.78, 5) is 14.0. The molecule has 1 N–H and O–H groups in total. The normalized spacial score (nSPS) is 9.80. The number of hydrogen-bond donors (Lipinski definition) is 1. The lowest BCUT2D eigenvalue weighted by Gasteiger charge is -2.06. The van der Waals surface area contributed by atoms with Crippen molar-refractivity contribution in [1.29, 1.82) is 5.26 Å². The summed E-state index contributed by atoms with van der Waals surface area (Å²) in [5, 5.41) is 28.7. The molecule has 20 heavy (non-hydrogen) atoms. The number of ether oxygens (including phenoxy) is 1. The van der Waals surface area contributed by atoms with E-state index in [9.17, 15) is 10.1 Å². The molecular formula is C13H9N3O4. The molecule has 2 rings (SSSR count). The maximum absolute atomic E-state index is 10.9. The van der Waals surface area contributed by atoms with Crippen LogP contribution in [0.4, 0.5) is 5.69 Å². The van der Waals surface area contributed by atoms with Crippen LogP contribution in [0, 0.1) is 21.4 Å². The molecule has 0 amide bonds. The van der Waals surface area contributed by atoms with E-state index in [1.807, 2.05) is 0 Å². The van der Waals surface area contributed by atoms with E-state index in [1.54, 1.807) is 30.3 Å². The Morgan fingerprint density at radius 1 is 1.45 bits per heavy atom. The maximum Gasteiger partial charge on any atom is 0.332 e. The minimum Gasteiger partial charge on any atom is -0.434 e. The quantitative estimate of drug-likeness (QED) is 0.673. The summed E-state index contributed by atoms with van der Waals surface area (Å²) in [6.07, 6.45) is 1.19. The summed E-state index contributed by atoms with van der Waals surface area (Å²) in [5.41, 5.74) is 0.297. The van der Waals surface area contributed by atoms with Crippen LogP contribution in [-0.4, -0.2) is 15.0 Å². The predicted molar refractivity (Wildman–Crippen MR) is 68.0 cm³/mol. The average Bonchev–Trinajstić information content (AvgIpc) is 2.47. The van der Waals surface area contributed by atoms with Crippen molar-refractivity contribution in [3.05, 3.63) is 57.8 Å². The molecule has 0 aliphatic rings. The zero-order valence-electron chi connectivity index (χ0n) is 10.2. The molecule has 2 aromatic rings. The van der Waals surface area contributed by atoms with Crippen LogP contribution < -0.4 is 4.74 Å². The third-order valence-corrected chi connectivity index (χ3v) is 2.45. The highest BCUT2D eigenvalue weighted by Gasteiger charge is 2.18. The highest BCUT2D eigenvalue weighted by Crippen LogP contribution is 2.29. The van der Waals surface area contributed by atoms with Crippen molar-refractivity contribution < 1.29 is 14.8 Å². The van der Waals surface area contributed by atoms with Gasteiger partial charge in [-0.3, -0.25) is 10.1 Å². The Morgan fingerprint density at radius 3 is 2.90 bits per heavy atom. The summed E-state index contributed by atoms with van der Waals surface area (Å²) < 4.78 is 5.34. The van der Waals surface area contributed by atoms with Crippen LogP contribution >= 0.6 is 0 Å². The second-order valence-electron chi connectivity index (χ2n) is 3.82. The second-order valence-corrected chi connectivity index (χ2v) is 3.82. The molecule has 1 heterocycles. The first kappa shape index (κ1) is 13.5. The lowest BCUT2D eigenvalue weighted by molar-refractivity contribution is -0.386. The molecule has 0 saturated heterocycles. The van der Waals surface area contributed by atoms with E-state index in [2.05, 4.69) is 4.98 Å². The fourth-order valence-electron chi connectivity index (χ4n) is 1.53. The topological polar surface area (TPSA) is 109 Å². The summed E-state index contributed by atoms with van der Waals surface area (Å²) in [7, 11) is 0. The number of pyridine rings is 1. The van der Waals surface area contributed by atoms with Crippen molar-refractivity contribution in [3.63, 3.8) is 0 Å². The molecule has 7 nitrogen and oxygen atoms in total. The van der Waals surface area contributed by atoms with E-state index in [-0.39, 0.29) is 18.1 Å². The van der Waals surface area contributed by atoms with Crippen LogP contribution in [0.3, 0.4) is 0 Å². The van der Waals surface area contributed by atoms with E-state index in [0.717, 1.165) is 6.07 Å². The Bertz CT molecular complexity index is 694. The molecular weight excluding hydrogens is 262 g/mol. The Hall–Kier alpha value is -2.98. The van der Waals surface area contributed by atoms with Gasteiger partial charge in [0, 0.05) is 12.3 Å². The zero-order valence-corrected chi connectivity index (χ0v) is 10.2. The standard InChI is InChI=1S/C13H9N3O4/c14-6-10-5-12(16(18)19)13(15-7-10)20-11-3-1-2-9(4-11)8-17/h1-5,7,17H,8H2. The molecule has 0 atom stereocenters. The van der Waals surface area contributed by atoms with Crippen molar-refractivity contribution in [3.8, 4) is 17.7 Å². The highest BCUT2D eigenvalue weighted by molar-refractivity contribution is 5.48. The molecule has 1 aromatic carbocycles. The number of nitriles is 1. The first-order chi connectivity index (χ1) is 9.63. The smallest absolute Gasteiger partial charge is 0.332 e. The largest absolute Gasteiger partial charge is 0.434 e. The Balaban J connectivity index is 2.37. The summed E-state index contributed by atoms with van der Waals surface area (Å²) in [6, 6.07) is 9.34. The van der Waals surface area contributed by atoms with Gasteiger partial charge in [-0.15, -0.1) is 0 Å². The number of nitro groups is 1. The van der Waals surface area contributed by atoms with Gasteiger partial charge in [-0.25, -0.2) is 4.98 Å². The predicted octanol–water partition coefficient (Wildman–Crippen LogP) is 2.15. The van der Waals surface area contributed by atoms with Crippen LogP contribution in [0.2, 0.25) is 0 Å². The molecule has 0 spiro atoms. The monoisotopic (exact) mass is 271 g/mol. The van der Waals surface area contributed by atoms with Crippen LogP contribution in [0.5, 0.6) is 11.6 Å². The van der Waals surface area contributed by atoms with E-state index in [0.29, 0.717) is 11.3 Å². The SMILES string of the molecule is N#Cc1cnc(Oc2cccc(CO)c2)c([N+](=O)[O-])c1. The van der Waals surface area contributed by atoms with Crippen molar-refractivity contribution in [2.24, 2.45) is 0 Å². The Kier molecular flexibility index (Phi) is 3.88. The molecule has 1 aromatic heterocycles. The van der Waals surface area contributed by atoms with Gasteiger partial charge in [0.15, 0.2) is 0 Å². The van der Waals surface area contributed by atoms with Crippen LogP contribution in [-0.2, 0) is 6.61 Å². The average molecular weight is 271 g/mol. The number of nitrogens with zero attached hydrogens (tertiary/aromatic N) is 3. The minimum absolute atomic E-state index is 0.0770. The number of aromatic nitrogens is 1. The number of aliphatic hydroxyl groups is 1. The van der Waals surface area contributed by atoms with Gasteiger partial charge in [-0.2, -0.15) is 5.26 Å². The van der Waals surface area contributed by atoms with Gasteiger partial charge in [-0.05, 0) is 17.7 Å². The molecule has 0 fully saturated rings. The van der Waals surface area contributed by atoms with Crippen LogP contribution in [0.1, 0.15) is 11.1 Å². The molecule has 0 aliphatic carbocycles. The fourth-order valence-corrected chi connectivity index (χ4v) is 1.53. The molecule has 100 valence electrons. The Labute approximate surface area is 113 Å². The first-order valence-electron chi connectivity index (χ1n) is 5.56. The van der Waals surface area contributed by atoms with Gasteiger partial charge >= 0.3 is 5.69 Å². The molecule has 0 aliphatic heterocycles. The number of hydrogen-bond acceptors (Lipinski definition) is 6. The zero-order chi connectivity index (χ0) is 14.5. The second kappa shape index (κ2) is 5.77. The van der Waals surface area contributed by atoms with Gasteiger partial charge in [0.1, 0.15) is 11.8 Å². The van der Waals surface area contributed by atoms with Crippen molar-refractivity contribution in [1.82, 2.24) is 4.98 Å². The third-order valence-electron chi connectivity index (χ3n) is 2.45. The minimum atomic E-state index is -0.668. The lowest BCUT2D eigenvalue weighted by atomic mass is 10.2. The first-order valence-corrected chi connectivity index (χ1v) is 5.56. The fraction of sp³-hybridized carbons (Fsp3) is 0.0769. The van der Waals surface area contributed by atoms with E-state index in [4.69, 9.17) is 15.1 Å². The van der Waals surface area contributed by atoms with Gasteiger partial charge in [-0.1, -0.05) is 12.1 Å².